The summed E-state index contributed by atoms with van der Waals surface area (Å²) in [6.45, 7) is 2.42. The van der Waals surface area contributed by atoms with Crippen LogP contribution in [0.1, 0.15) is 13.8 Å². The van der Waals surface area contributed by atoms with Crippen LogP contribution >= 0.6 is 0 Å². The van der Waals surface area contributed by atoms with E-state index in [4.69, 9.17) is 10.2 Å². The van der Waals surface area contributed by atoms with Gasteiger partial charge in [-0.1, -0.05) is 0 Å². The average Bonchev–Trinajstić information content (AvgIpc) is 1.87. The number of hydrogen-bond acceptors (Lipinski definition) is 5. The van der Waals surface area contributed by atoms with Gasteiger partial charge in [0, 0.05) is 0 Å². The predicted octanol–water partition coefficient (Wildman–Crippen LogP) is -1.37. The number of ether oxygens (including phenoxy) is 1. The van der Waals surface area contributed by atoms with Gasteiger partial charge in [-0.3, -0.25) is 0 Å². The quantitative estimate of drug-likeness (QED) is 0.399. The molecule has 0 aliphatic carbocycles. The molecular formula is C6H15CaNO5. The van der Waals surface area contributed by atoms with Crippen LogP contribution in [0.15, 0.2) is 0 Å². The molecule has 0 rings (SSSR count). The number of aliphatic hydroxyl groups excluding tert-OH is 1. The van der Waals surface area contributed by atoms with Crippen LogP contribution in [0.25, 0.3) is 0 Å². The van der Waals surface area contributed by atoms with E-state index in [1.807, 2.05) is 0 Å². The first-order valence-corrected chi connectivity index (χ1v) is 3.06. The Labute approximate surface area is 106 Å². The zero-order chi connectivity index (χ0) is 9.02. The first-order chi connectivity index (χ1) is 4.95. The molecule has 0 bridgehead atoms. The summed E-state index contributed by atoms with van der Waals surface area (Å²) in [5.41, 5.74) is 0. The molecule has 2 unspecified atom stereocenters. The zero-order valence-electron chi connectivity index (χ0n) is 6.98. The van der Waals surface area contributed by atoms with Gasteiger partial charge in [0.05, 0.1) is 0 Å². The van der Waals surface area contributed by atoms with E-state index in [1.165, 1.54) is 13.8 Å². The molecule has 0 saturated heterocycles. The van der Waals surface area contributed by atoms with Gasteiger partial charge < -0.3 is 21.1 Å². The number of hydrogen-bond donors (Lipinski definition) is 3. The second-order valence-corrected chi connectivity index (χ2v) is 2.09. The second-order valence-electron chi connectivity index (χ2n) is 2.09. The fourth-order valence-electron chi connectivity index (χ4n) is 0.323. The van der Waals surface area contributed by atoms with E-state index in [-0.39, 0.29) is 43.9 Å². The summed E-state index contributed by atoms with van der Waals surface area (Å²) in [7, 11) is 0. The Balaban J connectivity index is -0.000000500. The van der Waals surface area contributed by atoms with Gasteiger partial charge in [-0.2, -0.15) is 0 Å². The van der Waals surface area contributed by atoms with Crippen LogP contribution in [-0.4, -0.2) is 72.1 Å². The first kappa shape index (κ1) is 18.8. The molecule has 0 aliphatic rings. The van der Waals surface area contributed by atoms with Gasteiger partial charge in [-0.25, -0.2) is 9.59 Å². The molecule has 13 heavy (non-hydrogen) atoms. The van der Waals surface area contributed by atoms with Crippen molar-refractivity contribution < 1.29 is 24.5 Å². The summed E-state index contributed by atoms with van der Waals surface area (Å²) in [4.78, 5) is 20.6. The van der Waals surface area contributed by atoms with Crippen molar-refractivity contribution in [3.63, 3.8) is 0 Å². The molecule has 0 heterocycles. The van der Waals surface area contributed by atoms with E-state index < -0.39 is 24.1 Å². The molecule has 0 saturated carbocycles. The van der Waals surface area contributed by atoms with Gasteiger partial charge in [0.25, 0.3) is 0 Å². The van der Waals surface area contributed by atoms with Gasteiger partial charge in [0.15, 0.2) is 6.10 Å². The van der Waals surface area contributed by atoms with E-state index in [9.17, 15) is 9.59 Å². The van der Waals surface area contributed by atoms with E-state index in [2.05, 4.69) is 4.74 Å². The number of carbonyl (C=O) groups is 2. The summed E-state index contributed by atoms with van der Waals surface area (Å²) in [5.74, 6) is -2.17. The third-order valence-corrected chi connectivity index (χ3v) is 0.982. The summed E-state index contributed by atoms with van der Waals surface area (Å²) in [6.07, 6.45) is -2.49. The molecule has 0 aromatic rings. The number of rotatable bonds is 3. The first-order valence-electron chi connectivity index (χ1n) is 3.06. The third kappa shape index (κ3) is 8.45. The summed E-state index contributed by atoms with van der Waals surface area (Å²) >= 11 is 0. The topological polar surface area (TPSA) is 119 Å². The number of carboxylic acids is 1. The normalized spacial score (nSPS) is 12.8. The molecule has 0 fully saturated rings. The van der Waals surface area contributed by atoms with Gasteiger partial charge in [-0.15, -0.1) is 0 Å². The van der Waals surface area contributed by atoms with Crippen molar-refractivity contribution in [2.45, 2.75) is 26.1 Å². The zero-order valence-corrected chi connectivity index (χ0v) is 6.98. The Morgan fingerprint density at radius 1 is 1.31 bits per heavy atom. The summed E-state index contributed by atoms with van der Waals surface area (Å²) in [5, 5.41) is 16.8. The standard InChI is InChI=1S/C6H10O5.Ca.H3N.2H/c1-3(7)6(10)11-4(2)5(8)9;;;;/h3-4,7H,1-2H3,(H,8,9);;1H3;;. The number of carbonyl (C=O) groups excluding carboxylic acids is 1. The van der Waals surface area contributed by atoms with Crippen LogP contribution in [0, 0.1) is 0 Å². The molecule has 0 aliphatic heterocycles. The molecule has 0 amide bonds. The fourth-order valence-corrected chi connectivity index (χ4v) is 0.323. The van der Waals surface area contributed by atoms with E-state index >= 15 is 0 Å². The van der Waals surface area contributed by atoms with Crippen molar-refractivity contribution in [2.75, 3.05) is 0 Å². The summed E-state index contributed by atoms with van der Waals surface area (Å²) in [6, 6.07) is 0. The molecule has 7 heteroatoms. The van der Waals surface area contributed by atoms with E-state index in [1.54, 1.807) is 0 Å². The van der Waals surface area contributed by atoms with Crippen molar-refractivity contribution in [1.29, 1.82) is 0 Å². The molecule has 0 aromatic heterocycles. The molecule has 0 radical (unpaired) electrons. The van der Waals surface area contributed by atoms with Crippen molar-refractivity contribution in [2.24, 2.45) is 0 Å². The molecule has 5 N–H and O–H groups in total. The maximum atomic E-state index is 10.5. The molecule has 76 valence electrons. The molecule has 6 nitrogen and oxygen atoms in total. The Morgan fingerprint density at radius 3 is 1.92 bits per heavy atom. The van der Waals surface area contributed by atoms with E-state index in [0.29, 0.717) is 0 Å². The van der Waals surface area contributed by atoms with Crippen molar-refractivity contribution >= 4 is 49.7 Å². The average molecular weight is 221 g/mol. The van der Waals surface area contributed by atoms with E-state index in [0.717, 1.165) is 0 Å². The second kappa shape index (κ2) is 8.71. The molecular weight excluding hydrogens is 206 g/mol. The Bertz CT molecular complexity index is 172. The van der Waals surface area contributed by atoms with Crippen LogP contribution in [0.3, 0.4) is 0 Å². The Hall–Kier alpha value is 0.120. The minimum absolute atomic E-state index is 0. The maximum absolute atomic E-state index is 10.5. The predicted molar refractivity (Wildman–Crippen MR) is 48.4 cm³/mol. The molecule has 0 spiro atoms. The van der Waals surface area contributed by atoms with Crippen molar-refractivity contribution in [3.8, 4) is 0 Å². The van der Waals surface area contributed by atoms with Crippen molar-refractivity contribution in [3.05, 3.63) is 0 Å². The van der Waals surface area contributed by atoms with Gasteiger partial charge in [-0.05, 0) is 13.8 Å². The number of aliphatic hydroxyl groups is 1. The minimum atomic E-state index is -1.28. The van der Waals surface area contributed by atoms with Crippen LogP contribution < -0.4 is 6.15 Å². The molecule has 2 atom stereocenters. The fraction of sp³-hybridized carbons (Fsp3) is 0.667. The van der Waals surface area contributed by atoms with Gasteiger partial charge >= 0.3 is 49.7 Å². The Morgan fingerprint density at radius 2 is 1.69 bits per heavy atom. The SMILES string of the molecule is CC(O)C(=O)OC(C)C(=O)O.N.[CaH2]. The van der Waals surface area contributed by atoms with Crippen molar-refractivity contribution in [1.82, 2.24) is 6.15 Å². The monoisotopic (exact) mass is 221 g/mol. The number of aliphatic carboxylic acids is 1. The Kier molecular flexibility index (Phi) is 12.6. The van der Waals surface area contributed by atoms with Crippen LogP contribution in [0.4, 0.5) is 0 Å². The van der Waals surface area contributed by atoms with Crippen LogP contribution in [-0.2, 0) is 14.3 Å². The third-order valence-electron chi connectivity index (χ3n) is 0.982. The summed E-state index contributed by atoms with van der Waals surface area (Å²) < 4.78 is 4.28. The number of carboxylic acid groups (broad SMARTS) is 1. The van der Waals surface area contributed by atoms with Gasteiger partial charge in [0.1, 0.15) is 6.10 Å². The van der Waals surface area contributed by atoms with Crippen LogP contribution in [0.5, 0.6) is 0 Å². The van der Waals surface area contributed by atoms with Gasteiger partial charge in [0.2, 0.25) is 0 Å². The number of esters is 1. The van der Waals surface area contributed by atoms with Crippen LogP contribution in [0.2, 0.25) is 0 Å². The molecule has 0 aromatic carbocycles.